The summed E-state index contributed by atoms with van der Waals surface area (Å²) in [4.78, 5) is 22.5. The van der Waals surface area contributed by atoms with E-state index in [-0.39, 0.29) is 5.91 Å². The third-order valence-electron chi connectivity index (χ3n) is 4.09. The first-order valence-electron chi connectivity index (χ1n) is 8.25. The topological polar surface area (TPSA) is 85.9 Å². The quantitative estimate of drug-likeness (QED) is 0.384. The second kappa shape index (κ2) is 7.06. The number of aromatic nitrogens is 3. The zero-order valence-electron chi connectivity index (χ0n) is 13.9. The highest BCUT2D eigenvalue weighted by Gasteiger charge is 2.05. The molecule has 3 N–H and O–H groups in total. The number of imidazole rings is 1. The Morgan fingerprint density at radius 1 is 1.15 bits per heavy atom. The largest absolute Gasteiger partial charge is 0.354 e. The van der Waals surface area contributed by atoms with Crippen LogP contribution >= 0.6 is 0 Å². The molecule has 0 unspecified atom stereocenters. The molecule has 0 saturated carbocycles. The number of H-pyrrole nitrogens is 2. The molecule has 2 heterocycles. The normalized spacial score (nSPS) is 11.2. The van der Waals surface area contributed by atoms with Gasteiger partial charge < -0.3 is 9.97 Å². The average Bonchev–Trinajstić information content (AvgIpc) is 3.31. The van der Waals surface area contributed by atoms with Gasteiger partial charge in [0, 0.05) is 34.8 Å². The predicted molar refractivity (Wildman–Crippen MR) is 101 cm³/mol. The van der Waals surface area contributed by atoms with Gasteiger partial charge in [0.05, 0.1) is 18.2 Å². The van der Waals surface area contributed by atoms with E-state index >= 15 is 0 Å². The lowest BCUT2D eigenvalue weighted by Crippen LogP contribution is -2.17. The van der Waals surface area contributed by atoms with Gasteiger partial charge in [0.2, 0.25) is 0 Å². The summed E-state index contributed by atoms with van der Waals surface area (Å²) < 4.78 is 0. The van der Waals surface area contributed by atoms with Crippen molar-refractivity contribution in [1.82, 2.24) is 20.4 Å². The van der Waals surface area contributed by atoms with Gasteiger partial charge in [-0.25, -0.2) is 10.4 Å². The van der Waals surface area contributed by atoms with Crippen molar-refractivity contribution in [1.29, 1.82) is 0 Å². The molecule has 0 radical (unpaired) electrons. The molecule has 26 heavy (non-hydrogen) atoms. The molecule has 6 nitrogen and oxygen atoms in total. The van der Waals surface area contributed by atoms with Gasteiger partial charge in [0.25, 0.3) is 5.91 Å². The van der Waals surface area contributed by atoms with Crippen molar-refractivity contribution in [3.8, 4) is 0 Å². The minimum absolute atomic E-state index is 0.245. The maximum Gasteiger partial charge on any atom is 0.271 e. The number of hydrogen-bond donors (Lipinski definition) is 3. The lowest BCUT2D eigenvalue weighted by atomic mass is 10.1. The van der Waals surface area contributed by atoms with Gasteiger partial charge in [-0.05, 0) is 29.8 Å². The van der Waals surface area contributed by atoms with Crippen molar-refractivity contribution >= 4 is 23.0 Å². The first kappa shape index (κ1) is 15.8. The molecule has 0 fully saturated rings. The van der Waals surface area contributed by atoms with Crippen molar-refractivity contribution in [3.05, 3.63) is 89.6 Å². The summed E-state index contributed by atoms with van der Waals surface area (Å²) in [6.45, 7) is 0. The molecule has 0 saturated heterocycles. The summed E-state index contributed by atoms with van der Waals surface area (Å²) in [7, 11) is 0. The van der Waals surface area contributed by atoms with Gasteiger partial charge in [-0.15, -0.1) is 0 Å². The number of amides is 1. The molecule has 0 atom stereocenters. The van der Waals surface area contributed by atoms with Crippen molar-refractivity contribution in [3.63, 3.8) is 0 Å². The summed E-state index contributed by atoms with van der Waals surface area (Å²) >= 11 is 0. The number of benzene rings is 2. The zero-order valence-corrected chi connectivity index (χ0v) is 13.9. The highest BCUT2D eigenvalue weighted by atomic mass is 16.2. The Balaban J connectivity index is 1.38. The first-order valence-corrected chi connectivity index (χ1v) is 8.25. The Morgan fingerprint density at radius 2 is 2.00 bits per heavy atom. The number of para-hydroxylation sites is 1. The molecular weight excluding hydrogens is 326 g/mol. The van der Waals surface area contributed by atoms with E-state index in [0.717, 1.165) is 34.3 Å². The van der Waals surface area contributed by atoms with Gasteiger partial charge in [-0.2, -0.15) is 5.10 Å². The standard InChI is InChI=1S/C20H17N5O/c26-20(15-7-5-14(6-8-15)9-17-11-21-13-22-17)25-23-12-18-10-16-3-1-2-4-19(16)24-18/h1-8,10-13,24H,9H2,(H,21,22)(H,25,26)/b23-12+. The van der Waals surface area contributed by atoms with Crippen LogP contribution in [0.1, 0.15) is 27.3 Å². The van der Waals surface area contributed by atoms with Crippen molar-refractivity contribution in [2.75, 3.05) is 0 Å². The van der Waals surface area contributed by atoms with Gasteiger partial charge in [-0.1, -0.05) is 30.3 Å². The van der Waals surface area contributed by atoms with Gasteiger partial charge >= 0.3 is 0 Å². The molecule has 4 aromatic rings. The first-order chi connectivity index (χ1) is 12.8. The van der Waals surface area contributed by atoms with Crippen LogP contribution in [0.15, 0.2) is 72.2 Å². The lowest BCUT2D eigenvalue weighted by molar-refractivity contribution is 0.0955. The lowest BCUT2D eigenvalue weighted by Gasteiger charge is -2.02. The fourth-order valence-electron chi connectivity index (χ4n) is 2.77. The summed E-state index contributed by atoms with van der Waals surface area (Å²) in [5.41, 5.74) is 7.12. The molecule has 2 aromatic carbocycles. The van der Waals surface area contributed by atoms with E-state index in [1.54, 1.807) is 30.9 Å². The Hall–Kier alpha value is -3.67. The van der Waals surface area contributed by atoms with E-state index in [2.05, 4.69) is 25.5 Å². The maximum absolute atomic E-state index is 12.2. The Morgan fingerprint density at radius 3 is 2.77 bits per heavy atom. The summed E-state index contributed by atoms with van der Waals surface area (Å²) in [6, 6.07) is 17.4. The van der Waals surface area contributed by atoms with Crippen LogP contribution in [-0.4, -0.2) is 27.1 Å². The Kier molecular flexibility index (Phi) is 4.30. The number of rotatable bonds is 5. The third-order valence-corrected chi connectivity index (χ3v) is 4.09. The van der Waals surface area contributed by atoms with Crippen LogP contribution in [0.2, 0.25) is 0 Å². The second-order valence-electron chi connectivity index (χ2n) is 5.96. The number of nitrogens with zero attached hydrogens (tertiary/aromatic N) is 2. The number of carbonyl (C=O) groups is 1. The average molecular weight is 343 g/mol. The fraction of sp³-hybridized carbons (Fsp3) is 0.0500. The molecule has 0 aliphatic carbocycles. The Bertz CT molecular complexity index is 1010. The monoisotopic (exact) mass is 343 g/mol. The van der Waals surface area contributed by atoms with Crippen LogP contribution in [0, 0.1) is 0 Å². The summed E-state index contributed by atoms with van der Waals surface area (Å²) in [6.07, 6.45) is 5.80. The van der Waals surface area contributed by atoms with Gasteiger partial charge in [-0.3, -0.25) is 4.79 Å². The zero-order chi connectivity index (χ0) is 17.8. The summed E-state index contributed by atoms with van der Waals surface area (Å²) in [5, 5.41) is 5.13. The number of hydrazone groups is 1. The van der Waals surface area contributed by atoms with Crippen molar-refractivity contribution in [2.45, 2.75) is 6.42 Å². The van der Waals surface area contributed by atoms with Gasteiger partial charge in [0.15, 0.2) is 0 Å². The van der Waals surface area contributed by atoms with E-state index in [1.165, 1.54) is 0 Å². The maximum atomic E-state index is 12.2. The highest BCUT2D eigenvalue weighted by Crippen LogP contribution is 2.13. The van der Waals surface area contributed by atoms with Crippen LogP contribution in [0.5, 0.6) is 0 Å². The molecule has 0 aliphatic rings. The van der Waals surface area contributed by atoms with Crippen LogP contribution in [0.4, 0.5) is 0 Å². The summed E-state index contributed by atoms with van der Waals surface area (Å²) in [5.74, 6) is -0.245. The van der Waals surface area contributed by atoms with E-state index in [1.807, 2.05) is 42.5 Å². The van der Waals surface area contributed by atoms with Crippen molar-refractivity contribution < 1.29 is 4.79 Å². The predicted octanol–water partition coefficient (Wildman–Crippen LogP) is 3.25. The number of hydrogen-bond acceptors (Lipinski definition) is 3. The Labute approximate surface area is 150 Å². The SMILES string of the molecule is O=C(N/N=C/c1cc2ccccc2[nH]1)c1ccc(Cc2cnc[nH]2)cc1. The van der Waals surface area contributed by atoms with E-state index in [9.17, 15) is 4.79 Å². The molecule has 0 aliphatic heterocycles. The van der Waals surface area contributed by atoms with Crippen LogP contribution in [-0.2, 0) is 6.42 Å². The third kappa shape index (κ3) is 3.54. The minimum Gasteiger partial charge on any atom is -0.354 e. The molecule has 2 aromatic heterocycles. The number of nitrogens with one attached hydrogen (secondary N) is 3. The van der Waals surface area contributed by atoms with Crippen LogP contribution in [0.25, 0.3) is 10.9 Å². The van der Waals surface area contributed by atoms with Crippen LogP contribution < -0.4 is 5.43 Å². The molecule has 128 valence electrons. The number of fused-ring (bicyclic) bond motifs is 1. The molecule has 4 rings (SSSR count). The molecule has 1 amide bonds. The molecule has 0 bridgehead atoms. The fourth-order valence-corrected chi connectivity index (χ4v) is 2.77. The van der Waals surface area contributed by atoms with E-state index in [0.29, 0.717) is 5.56 Å². The highest BCUT2D eigenvalue weighted by molar-refractivity contribution is 5.95. The van der Waals surface area contributed by atoms with E-state index in [4.69, 9.17) is 0 Å². The van der Waals surface area contributed by atoms with Crippen molar-refractivity contribution in [2.24, 2.45) is 5.10 Å². The number of aromatic amines is 2. The van der Waals surface area contributed by atoms with E-state index < -0.39 is 0 Å². The minimum atomic E-state index is -0.245. The second-order valence-corrected chi connectivity index (χ2v) is 5.96. The molecular formula is C20H17N5O. The molecule has 0 spiro atoms. The van der Waals surface area contributed by atoms with Gasteiger partial charge in [0.1, 0.15) is 0 Å². The smallest absolute Gasteiger partial charge is 0.271 e. The molecule has 6 heteroatoms. The van der Waals surface area contributed by atoms with Crippen LogP contribution in [0.3, 0.4) is 0 Å². The number of carbonyl (C=O) groups excluding carboxylic acids is 1.